The smallest absolute Gasteiger partial charge is 0.319 e. The number of anilines is 1. The summed E-state index contributed by atoms with van der Waals surface area (Å²) < 4.78 is 6.64. The summed E-state index contributed by atoms with van der Waals surface area (Å²) in [5, 5.41) is 15.6. The fraction of sp³-hybridized carbons (Fsp3) is 0.412. The van der Waals surface area contributed by atoms with E-state index in [2.05, 4.69) is 65.9 Å². The van der Waals surface area contributed by atoms with E-state index < -0.39 is 0 Å². The number of fused-ring (bicyclic) bond motifs is 1. The van der Waals surface area contributed by atoms with Gasteiger partial charge in [-0.15, -0.1) is 0 Å². The normalized spacial score (nSPS) is 18.0. The Morgan fingerprint density at radius 1 is 1.05 bits per heavy atom. The number of carbonyl (C=O) groups is 2. The van der Waals surface area contributed by atoms with Gasteiger partial charge in [0.25, 0.3) is 0 Å². The molecule has 8 nitrogen and oxygen atoms in total. The first-order valence-electron chi connectivity index (χ1n) is 14.7. The van der Waals surface area contributed by atoms with Crippen LogP contribution < -0.4 is 15.4 Å². The average molecular weight is 573 g/mol. The maximum absolute atomic E-state index is 13.5. The second-order valence-corrected chi connectivity index (χ2v) is 11.7. The molecule has 0 fully saturated rings. The second kappa shape index (κ2) is 14.3. The average Bonchev–Trinajstić information content (AvgIpc) is 3.00. The van der Waals surface area contributed by atoms with Crippen LogP contribution in [0.3, 0.4) is 0 Å². The van der Waals surface area contributed by atoms with Crippen LogP contribution in [0, 0.1) is 5.92 Å². The van der Waals surface area contributed by atoms with Crippen molar-refractivity contribution in [2.45, 2.75) is 58.8 Å². The third-order valence-electron chi connectivity index (χ3n) is 7.60. The molecule has 4 rings (SSSR count). The lowest BCUT2D eigenvalue weighted by atomic mass is 10.0. The molecule has 3 aromatic rings. The minimum atomic E-state index is -0.318. The van der Waals surface area contributed by atoms with E-state index in [4.69, 9.17) is 4.74 Å². The molecular formula is C34H44N4O4. The van der Waals surface area contributed by atoms with Crippen molar-refractivity contribution in [2.75, 3.05) is 32.1 Å². The molecule has 0 unspecified atom stereocenters. The quantitative estimate of drug-likeness (QED) is 0.329. The van der Waals surface area contributed by atoms with Gasteiger partial charge in [0.05, 0.1) is 19.1 Å². The summed E-state index contributed by atoms with van der Waals surface area (Å²) in [5.41, 5.74) is 4.87. The van der Waals surface area contributed by atoms with E-state index in [-0.39, 0.29) is 49.1 Å². The Bertz CT molecular complexity index is 1330. The number of hydrogen-bond donors (Lipinski definition) is 3. The van der Waals surface area contributed by atoms with Crippen LogP contribution in [-0.2, 0) is 17.8 Å². The van der Waals surface area contributed by atoms with Crippen LogP contribution in [0.25, 0.3) is 11.1 Å². The Kier molecular flexibility index (Phi) is 10.6. The van der Waals surface area contributed by atoms with E-state index in [0.29, 0.717) is 30.1 Å². The predicted molar refractivity (Wildman–Crippen MR) is 167 cm³/mol. The van der Waals surface area contributed by atoms with Gasteiger partial charge >= 0.3 is 6.03 Å². The SMILES string of the molecule is CC(C)NC(=O)Nc1ccc2c(c1)CC(=O)N([C@@H](C)CO)C[C@H](C)[C@@H](CN(C)Cc1ccc(-c3ccccc3)cc1)O2. The van der Waals surface area contributed by atoms with Gasteiger partial charge in [-0.2, -0.15) is 0 Å². The van der Waals surface area contributed by atoms with Gasteiger partial charge < -0.3 is 25.4 Å². The lowest BCUT2D eigenvalue weighted by Gasteiger charge is -2.34. The predicted octanol–water partition coefficient (Wildman–Crippen LogP) is 5.16. The zero-order valence-corrected chi connectivity index (χ0v) is 25.3. The monoisotopic (exact) mass is 572 g/mol. The first-order chi connectivity index (χ1) is 20.1. The topological polar surface area (TPSA) is 94.1 Å². The van der Waals surface area contributed by atoms with Crippen molar-refractivity contribution >= 4 is 17.6 Å². The van der Waals surface area contributed by atoms with Crippen LogP contribution in [0.1, 0.15) is 38.8 Å². The molecule has 224 valence electrons. The number of nitrogens with zero attached hydrogens (tertiary/aromatic N) is 2. The molecule has 3 aromatic carbocycles. The number of aliphatic hydroxyl groups excluding tert-OH is 1. The molecular weight excluding hydrogens is 528 g/mol. The highest BCUT2D eigenvalue weighted by atomic mass is 16.5. The Morgan fingerprint density at radius 2 is 1.74 bits per heavy atom. The van der Waals surface area contributed by atoms with E-state index in [0.717, 1.165) is 6.54 Å². The first kappa shape index (κ1) is 31.1. The standard InChI is InChI=1S/C34H44N4O4/c1-23(2)35-34(41)36-30-15-16-31-29(17-30)18-33(40)38(25(4)22-39)19-24(3)32(42-31)21-37(5)20-26-11-13-28(14-12-26)27-9-7-6-8-10-27/h6-17,23-25,32,39H,18-22H2,1-5H3,(H2,35,36,41)/t24-,25-,32+/m0/s1. The number of nitrogens with one attached hydrogen (secondary N) is 2. The van der Waals surface area contributed by atoms with Crippen LogP contribution in [0.4, 0.5) is 10.5 Å². The van der Waals surface area contributed by atoms with Gasteiger partial charge in [0, 0.05) is 42.8 Å². The van der Waals surface area contributed by atoms with Crippen LogP contribution in [-0.4, -0.2) is 71.8 Å². The Morgan fingerprint density at radius 3 is 2.40 bits per heavy atom. The van der Waals surface area contributed by atoms with E-state index in [1.54, 1.807) is 17.0 Å². The maximum atomic E-state index is 13.5. The number of amides is 3. The van der Waals surface area contributed by atoms with Crippen LogP contribution in [0.15, 0.2) is 72.8 Å². The summed E-state index contributed by atoms with van der Waals surface area (Å²) in [6.07, 6.45) is -0.0935. The molecule has 42 heavy (non-hydrogen) atoms. The van der Waals surface area contributed by atoms with Gasteiger partial charge in [-0.3, -0.25) is 9.69 Å². The fourth-order valence-electron chi connectivity index (χ4n) is 5.27. The Labute approximate surface area is 249 Å². The maximum Gasteiger partial charge on any atom is 0.319 e. The number of urea groups is 1. The molecule has 0 bridgehead atoms. The Hall–Kier alpha value is -3.88. The summed E-state index contributed by atoms with van der Waals surface area (Å²) in [6.45, 7) is 9.49. The van der Waals surface area contributed by atoms with Crippen LogP contribution >= 0.6 is 0 Å². The number of ether oxygens (including phenoxy) is 1. The van der Waals surface area contributed by atoms with Gasteiger partial charge in [0.15, 0.2) is 0 Å². The summed E-state index contributed by atoms with van der Waals surface area (Å²) in [5.74, 6) is 0.560. The number of aliphatic hydroxyl groups is 1. The summed E-state index contributed by atoms with van der Waals surface area (Å²) in [4.78, 5) is 29.8. The van der Waals surface area contributed by atoms with E-state index in [1.165, 1.54) is 16.7 Å². The molecule has 0 aliphatic carbocycles. The van der Waals surface area contributed by atoms with Crippen molar-refractivity contribution in [2.24, 2.45) is 5.92 Å². The second-order valence-electron chi connectivity index (χ2n) is 11.7. The van der Waals surface area contributed by atoms with E-state index in [9.17, 15) is 14.7 Å². The van der Waals surface area contributed by atoms with Gasteiger partial charge in [-0.1, -0.05) is 61.5 Å². The lowest BCUT2D eigenvalue weighted by Crippen LogP contribution is -2.47. The van der Waals surface area contributed by atoms with Crippen LogP contribution in [0.2, 0.25) is 0 Å². The molecule has 0 radical (unpaired) electrons. The third kappa shape index (κ3) is 8.33. The van der Waals surface area contributed by atoms with Gasteiger partial charge in [0.1, 0.15) is 11.9 Å². The highest BCUT2D eigenvalue weighted by Gasteiger charge is 2.31. The van der Waals surface area contributed by atoms with Gasteiger partial charge in [-0.05, 0) is 62.7 Å². The minimum absolute atomic E-state index is 0.00248. The highest BCUT2D eigenvalue weighted by Crippen LogP contribution is 2.29. The number of benzene rings is 3. The molecule has 3 N–H and O–H groups in total. The first-order valence-corrected chi connectivity index (χ1v) is 14.7. The molecule has 8 heteroatoms. The zero-order chi connectivity index (χ0) is 30.2. The van der Waals surface area contributed by atoms with Crippen molar-refractivity contribution in [3.63, 3.8) is 0 Å². The van der Waals surface area contributed by atoms with Crippen molar-refractivity contribution in [3.8, 4) is 16.9 Å². The molecule has 0 spiro atoms. The number of likely N-dealkylation sites (N-methyl/N-ethyl adjacent to an activating group) is 1. The zero-order valence-electron chi connectivity index (χ0n) is 25.3. The molecule has 1 aliphatic rings. The van der Waals surface area contributed by atoms with E-state index in [1.807, 2.05) is 45.0 Å². The molecule has 1 aliphatic heterocycles. The summed E-state index contributed by atoms with van der Waals surface area (Å²) in [7, 11) is 2.08. The molecule has 0 saturated carbocycles. The molecule has 1 heterocycles. The highest BCUT2D eigenvalue weighted by molar-refractivity contribution is 5.90. The van der Waals surface area contributed by atoms with Crippen molar-refractivity contribution in [1.82, 2.24) is 15.1 Å². The molecule has 3 atom stereocenters. The number of carbonyl (C=O) groups excluding carboxylic acids is 2. The lowest BCUT2D eigenvalue weighted by molar-refractivity contribution is -0.134. The summed E-state index contributed by atoms with van der Waals surface area (Å²) >= 11 is 0. The fourth-order valence-corrected chi connectivity index (χ4v) is 5.27. The number of rotatable bonds is 9. The molecule has 0 saturated heterocycles. The minimum Gasteiger partial charge on any atom is -0.488 e. The van der Waals surface area contributed by atoms with Crippen LogP contribution in [0.5, 0.6) is 5.75 Å². The van der Waals surface area contributed by atoms with Gasteiger partial charge in [-0.25, -0.2) is 4.79 Å². The van der Waals surface area contributed by atoms with Gasteiger partial charge in [0.2, 0.25) is 5.91 Å². The number of hydrogen-bond acceptors (Lipinski definition) is 5. The van der Waals surface area contributed by atoms with Crippen molar-refractivity contribution in [1.29, 1.82) is 0 Å². The van der Waals surface area contributed by atoms with Crippen molar-refractivity contribution in [3.05, 3.63) is 83.9 Å². The van der Waals surface area contributed by atoms with E-state index >= 15 is 0 Å². The Balaban J connectivity index is 1.53. The van der Waals surface area contributed by atoms with Crippen molar-refractivity contribution < 1.29 is 19.4 Å². The third-order valence-corrected chi connectivity index (χ3v) is 7.60. The largest absolute Gasteiger partial charge is 0.488 e. The molecule has 0 aromatic heterocycles. The molecule has 3 amide bonds. The summed E-state index contributed by atoms with van der Waals surface area (Å²) in [6, 6.07) is 23.8.